The fourth-order valence-corrected chi connectivity index (χ4v) is 3.05. The maximum absolute atomic E-state index is 11.0. The Kier molecular flexibility index (Phi) is 5.31. The Morgan fingerprint density at radius 3 is 2.32 bits per heavy atom. The van der Waals surface area contributed by atoms with E-state index in [4.69, 9.17) is 14.6 Å². The van der Waals surface area contributed by atoms with Gasteiger partial charge in [0.1, 0.15) is 18.3 Å². The van der Waals surface area contributed by atoms with Crippen LogP contribution < -0.4 is 0 Å². The zero-order valence-electron chi connectivity index (χ0n) is 13.6. The minimum Gasteiger partial charge on any atom is -0.394 e. The van der Waals surface area contributed by atoms with Crippen LogP contribution in [0.15, 0.2) is 48.5 Å². The summed E-state index contributed by atoms with van der Waals surface area (Å²) in [5.41, 5.74) is 1.25. The molecule has 4 rings (SSSR count). The number of aromatic nitrogens is 1. The Hall–Kier alpha value is -2.03. The van der Waals surface area contributed by atoms with E-state index in [2.05, 4.69) is 0 Å². The average Bonchev–Trinajstić information content (AvgIpc) is 3.18. The SMILES string of the molecule is O=Cc1ccc2n1C[C@@]1(OC2)O[C@H](CO)[C@@H](O)[C@@H]1O.c1ccccc1. The highest BCUT2D eigenvalue weighted by Gasteiger charge is 2.56. The topological polar surface area (TPSA) is 101 Å². The number of aliphatic hydroxyl groups excluding tert-OH is 3. The minimum absolute atomic E-state index is 0.0954. The molecule has 3 N–H and O–H groups in total. The Morgan fingerprint density at radius 2 is 1.80 bits per heavy atom. The van der Waals surface area contributed by atoms with E-state index in [9.17, 15) is 15.0 Å². The lowest BCUT2D eigenvalue weighted by Gasteiger charge is -2.37. The van der Waals surface area contributed by atoms with Crippen LogP contribution in [0.5, 0.6) is 0 Å². The first-order valence-electron chi connectivity index (χ1n) is 8.03. The molecule has 2 aromatic rings. The monoisotopic (exact) mass is 347 g/mol. The van der Waals surface area contributed by atoms with Gasteiger partial charge in [0.25, 0.3) is 0 Å². The van der Waals surface area contributed by atoms with E-state index >= 15 is 0 Å². The highest BCUT2D eigenvalue weighted by atomic mass is 16.7. The molecule has 3 heterocycles. The fraction of sp³-hybridized carbons (Fsp3) is 0.389. The van der Waals surface area contributed by atoms with Gasteiger partial charge in [-0.05, 0) is 12.1 Å². The lowest BCUT2D eigenvalue weighted by atomic mass is 10.0. The molecule has 2 aliphatic rings. The van der Waals surface area contributed by atoms with Crippen LogP contribution in [-0.4, -0.2) is 56.9 Å². The summed E-state index contributed by atoms with van der Waals surface area (Å²) < 4.78 is 12.7. The summed E-state index contributed by atoms with van der Waals surface area (Å²) in [6.45, 7) is -0.156. The number of hydrogen-bond donors (Lipinski definition) is 3. The molecule has 0 aliphatic carbocycles. The quantitative estimate of drug-likeness (QED) is 0.677. The van der Waals surface area contributed by atoms with E-state index in [0.717, 1.165) is 5.69 Å². The van der Waals surface area contributed by atoms with Gasteiger partial charge < -0.3 is 29.4 Å². The molecule has 1 fully saturated rings. The van der Waals surface area contributed by atoms with Crippen LogP contribution >= 0.6 is 0 Å². The first-order chi connectivity index (χ1) is 12.1. The second-order valence-corrected chi connectivity index (χ2v) is 5.98. The lowest BCUT2D eigenvalue weighted by Crippen LogP contribution is -2.51. The molecule has 0 saturated carbocycles. The van der Waals surface area contributed by atoms with E-state index < -0.39 is 30.7 Å². The number of aldehydes is 1. The van der Waals surface area contributed by atoms with Crippen molar-refractivity contribution in [3.63, 3.8) is 0 Å². The van der Waals surface area contributed by atoms with E-state index in [-0.39, 0.29) is 13.2 Å². The van der Waals surface area contributed by atoms with Crippen LogP contribution in [0.4, 0.5) is 0 Å². The largest absolute Gasteiger partial charge is 0.394 e. The van der Waals surface area contributed by atoms with E-state index in [1.807, 2.05) is 36.4 Å². The van der Waals surface area contributed by atoms with Gasteiger partial charge in [-0.2, -0.15) is 0 Å². The van der Waals surface area contributed by atoms with Crippen molar-refractivity contribution in [2.45, 2.75) is 37.3 Å². The number of hydrogen-bond acceptors (Lipinski definition) is 6. The van der Waals surface area contributed by atoms with Gasteiger partial charge in [0.15, 0.2) is 6.29 Å². The number of aliphatic hydroxyl groups is 3. The van der Waals surface area contributed by atoms with Crippen molar-refractivity contribution in [3.05, 3.63) is 59.9 Å². The lowest BCUT2D eigenvalue weighted by molar-refractivity contribution is -0.283. The molecule has 0 bridgehead atoms. The van der Waals surface area contributed by atoms with E-state index in [1.165, 1.54) is 0 Å². The zero-order valence-corrected chi connectivity index (χ0v) is 13.6. The van der Waals surface area contributed by atoms with Gasteiger partial charge in [-0.25, -0.2) is 0 Å². The molecule has 1 saturated heterocycles. The summed E-state index contributed by atoms with van der Waals surface area (Å²) in [6, 6.07) is 15.4. The molecule has 1 spiro atoms. The predicted octanol–water partition coefficient (Wildman–Crippen LogP) is 0.327. The molecule has 0 unspecified atom stereocenters. The van der Waals surface area contributed by atoms with Crippen LogP contribution in [0, 0.1) is 0 Å². The molecule has 0 amide bonds. The third kappa shape index (κ3) is 3.37. The molecule has 7 heteroatoms. The average molecular weight is 347 g/mol. The number of nitrogens with zero attached hydrogens (tertiary/aromatic N) is 1. The van der Waals surface area contributed by atoms with Crippen LogP contribution in [-0.2, 0) is 22.6 Å². The maximum atomic E-state index is 11.0. The van der Waals surface area contributed by atoms with Gasteiger partial charge in [0.05, 0.1) is 25.5 Å². The van der Waals surface area contributed by atoms with Gasteiger partial charge in [-0.3, -0.25) is 4.79 Å². The summed E-state index contributed by atoms with van der Waals surface area (Å²) in [5.74, 6) is -1.42. The first-order valence-corrected chi connectivity index (χ1v) is 8.03. The normalized spacial score (nSPS) is 30.4. The maximum Gasteiger partial charge on any atom is 0.216 e. The van der Waals surface area contributed by atoms with Gasteiger partial charge >= 0.3 is 0 Å². The Labute approximate surface area is 145 Å². The highest BCUT2D eigenvalue weighted by Crippen LogP contribution is 2.38. The Balaban J connectivity index is 0.000000258. The van der Waals surface area contributed by atoms with Crippen LogP contribution in [0.1, 0.15) is 16.2 Å². The summed E-state index contributed by atoms with van der Waals surface area (Å²) >= 11 is 0. The molecule has 4 atom stereocenters. The van der Waals surface area contributed by atoms with Crippen LogP contribution in [0.3, 0.4) is 0 Å². The van der Waals surface area contributed by atoms with Gasteiger partial charge in [0, 0.05) is 5.69 Å². The molecular formula is C18H21NO6. The first kappa shape index (κ1) is 17.8. The van der Waals surface area contributed by atoms with Crippen molar-refractivity contribution in [1.82, 2.24) is 4.57 Å². The molecule has 2 aliphatic heterocycles. The molecule has 1 aromatic carbocycles. The molecule has 25 heavy (non-hydrogen) atoms. The van der Waals surface area contributed by atoms with Crippen molar-refractivity contribution in [1.29, 1.82) is 0 Å². The minimum atomic E-state index is -1.42. The molecular weight excluding hydrogens is 326 g/mol. The molecule has 1 aromatic heterocycles. The Bertz CT molecular complexity index is 676. The predicted molar refractivity (Wildman–Crippen MR) is 87.8 cm³/mol. The number of carbonyl (C=O) groups excluding carboxylic acids is 1. The second-order valence-electron chi connectivity index (χ2n) is 5.98. The summed E-state index contributed by atoms with van der Waals surface area (Å²) in [4.78, 5) is 11.0. The van der Waals surface area contributed by atoms with Gasteiger partial charge in [-0.15, -0.1) is 0 Å². The number of rotatable bonds is 2. The fourth-order valence-electron chi connectivity index (χ4n) is 3.05. The van der Waals surface area contributed by atoms with E-state index in [0.29, 0.717) is 12.0 Å². The second kappa shape index (κ2) is 7.47. The van der Waals surface area contributed by atoms with Crippen molar-refractivity contribution in [2.75, 3.05) is 6.61 Å². The van der Waals surface area contributed by atoms with Crippen molar-refractivity contribution >= 4 is 6.29 Å². The number of ether oxygens (including phenoxy) is 2. The number of fused-ring (bicyclic) bond motifs is 1. The summed E-state index contributed by atoms with van der Waals surface area (Å²) in [5, 5.41) is 29.0. The van der Waals surface area contributed by atoms with Crippen LogP contribution in [0.25, 0.3) is 0 Å². The highest BCUT2D eigenvalue weighted by molar-refractivity contribution is 5.72. The van der Waals surface area contributed by atoms with Crippen LogP contribution in [0.2, 0.25) is 0 Å². The molecule has 7 nitrogen and oxygen atoms in total. The zero-order chi connectivity index (χ0) is 17.9. The number of benzene rings is 1. The third-order valence-corrected chi connectivity index (χ3v) is 4.42. The Morgan fingerprint density at radius 1 is 1.16 bits per heavy atom. The smallest absolute Gasteiger partial charge is 0.216 e. The number of carbonyl (C=O) groups is 1. The summed E-state index contributed by atoms with van der Waals surface area (Å²) in [6.07, 6.45) is -2.68. The third-order valence-electron chi connectivity index (χ3n) is 4.42. The van der Waals surface area contributed by atoms with Gasteiger partial charge in [0.2, 0.25) is 5.79 Å². The standard InChI is InChI=1S/C12H15NO6.C6H6/c14-3-7-1-2-8-5-18-12(6-13(7)8)11(17)10(16)9(4-15)19-12;1-2-4-6-5-3-1/h1-3,9-11,15-17H,4-6H2;1-6H/t9-,10-,11+,12-;/m1./s1. The van der Waals surface area contributed by atoms with Gasteiger partial charge in [-0.1, -0.05) is 36.4 Å². The van der Waals surface area contributed by atoms with Crippen molar-refractivity contribution in [2.24, 2.45) is 0 Å². The van der Waals surface area contributed by atoms with E-state index in [1.54, 1.807) is 16.7 Å². The molecule has 134 valence electrons. The molecule has 0 radical (unpaired) electrons. The summed E-state index contributed by atoms with van der Waals surface area (Å²) in [7, 11) is 0. The van der Waals surface area contributed by atoms with Crippen molar-refractivity contribution in [3.8, 4) is 0 Å². The van der Waals surface area contributed by atoms with Crippen molar-refractivity contribution < 1.29 is 29.6 Å².